The number of hydrogen-bond donors (Lipinski definition) is 4. The summed E-state index contributed by atoms with van der Waals surface area (Å²) in [6, 6.07) is 22.8. The summed E-state index contributed by atoms with van der Waals surface area (Å²) in [6.45, 7) is 0. The molecule has 0 radical (unpaired) electrons. The third-order valence-corrected chi connectivity index (χ3v) is 6.23. The molecule has 0 spiro atoms. The number of carbonyl (C=O) groups is 4. The summed E-state index contributed by atoms with van der Waals surface area (Å²) in [5.74, 6) is -2.89. The molecule has 4 aromatic carbocycles. The molecule has 0 unspecified atom stereocenters. The van der Waals surface area contributed by atoms with E-state index in [2.05, 4.69) is 10.6 Å². The van der Waals surface area contributed by atoms with E-state index in [-0.39, 0.29) is 28.4 Å². The zero-order chi connectivity index (χ0) is 25.7. The number of carboxylic acid groups (broad SMARTS) is 2. The SMILES string of the molecule is O=C(CSc1cccc(NC(=O)c2cccc3cccc(C(=O)O)c23)c1)Nc1cccc(C(=O)O)c1. The van der Waals surface area contributed by atoms with Crippen LogP contribution in [0.4, 0.5) is 11.4 Å². The maximum absolute atomic E-state index is 13.0. The van der Waals surface area contributed by atoms with Crippen LogP contribution in [-0.2, 0) is 4.79 Å². The number of thioether (sulfide) groups is 1. The van der Waals surface area contributed by atoms with Gasteiger partial charge in [0.05, 0.1) is 16.9 Å². The van der Waals surface area contributed by atoms with Gasteiger partial charge >= 0.3 is 11.9 Å². The fraction of sp³-hybridized carbons (Fsp3) is 0.0370. The molecule has 180 valence electrons. The van der Waals surface area contributed by atoms with Crippen LogP contribution in [0.1, 0.15) is 31.1 Å². The smallest absolute Gasteiger partial charge is 0.336 e. The summed E-state index contributed by atoms with van der Waals surface area (Å²) < 4.78 is 0. The summed E-state index contributed by atoms with van der Waals surface area (Å²) in [4.78, 5) is 48.9. The molecule has 0 aliphatic carbocycles. The molecule has 0 atom stereocenters. The molecule has 0 aliphatic heterocycles. The van der Waals surface area contributed by atoms with Crippen LogP contribution < -0.4 is 10.6 Å². The fourth-order valence-electron chi connectivity index (χ4n) is 3.65. The monoisotopic (exact) mass is 500 g/mol. The minimum Gasteiger partial charge on any atom is -0.478 e. The van der Waals surface area contributed by atoms with E-state index in [9.17, 15) is 24.3 Å². The first-order valence-electron chi connectivity index (χ1n) is 10.7. The van der Waals surface area contributed by atoms with Crippen LogP contribution in [0.15, 0.2) is 89.8 Å². The number of aromatic carboxylic acids is 2. The van der Waals surface area contributed by atoms with Crippen molar-refractivity contribution in [1.29, 1.82) is 0 Å². The maximum Gasteiger partial charge on any atom is 0.336 e. The Hall–Kier alpha value is -4.63. The van der Waals surface area contributed by atoms with Gasteiger partial charge in [0.25, 0.3) is 5.91 Å². The molecule has 0 saturated heterocycles. The maximum atomic E-state index is 13.0. The molecule has 0 bridgehead atoms. The molecule has 9 heteroatoms. The Morgan fingerprint density at radius 3 is 2.03 bits per heavy atom. The Balaban J connectivity index is 1.44. The lowest BCUT2D eigenvalue weighted by Gasteiger charge is -2.11. The van der Waals surface area contributed by atoms with E-state index in [0.717, 1.165) is 4.90 Å². The number of benzene rings is 4. The van der Waals surface area contributed by atoms with Crippen LogP contribution in [0.5, 0.6) is 0 Å². The second-order valence-electron chi connectivity index (χ2n) is 7.72. The van der Waals surface area contributed by atoms with E-state index in [1.165, 1.54) is 30.0 Å². The van der Waals surface area contributed by atoms with Gasteiger partial charge in [-0.25, -0.2) is 9.59 Å². The lowest BCUT2D eigenvalue weighted by Crippen LogP contribution is -2.15. The lowest BCUT2D eigenvalue weighted by molar-refractivity contribution is -0.113. The van der Waals surface area contributed by atoms with Crippen LogP contribution in [0, 0.1) is 0 Å². The zero-order valence-electron chi connectivity index (χ0n) is 18.7. The van der Waals surface area contributed by atoms with Gasteiger partial charge in [-0.1, -0.05) is 36.4 Å². The quantitative estimate of drug-likeness (QED) is 0.244. The highest BCUT2D eigenvalue weighted by Crippen LogP contribution is 2.26. The first kappa shape index (κ1) is 24.5. The molecule has 0 aliphatic rings. The lowest BCUT2D eigenvalue weighted by atomic mass is 9.98. The molecular weight excluding hydrogens is 480 g/mol. The number of carbonyl (C=O) groups excluding carboxylic acids is 2. The highest BCUT2D eigenvalue weighted by molar-refractivity contribution is 8.00. The van der Waals surface area contributed by atoms with Crippen molar-refractivity contribution in [3.8, 4) is 0 Å². The van der Waals surface area contributed by atoms with E-state index >= 15 is 0 Å². The van der Waals surface area contributed by atoms with Gasteiger partial charge in [-0.3, -0.25) is 9.59 Å². The van der Waals surface area contributed by atoms with Crippen molar-refractivity contribution in [2.45, 2.75) is 4.90 Å². The summed E-state index contributed by atoms with van der Waals surface area (Å²) >= 11 is 1.25. The molecule has 0 aromatic heterocycles. The van der Waals surface area contributed by atoms with Gasteiger partial charge in [0.1, 0.15) is 0 Å². The Kier molecular flexibility index (Phi) is 7.31. The molecule has 0 saturated carbocycles. The normalized spacial score (nSPS) is 10.6. The molecule has 0 fully saturated rings. The molecule has 8 nitrogen and oxygen atoms in total. The highest BCUT2D eigenvalue weighted by atomic mass is 32.2. The van der Waals surface area contributed by atoms with E-state index < -0.39 is 17.8 Å². The molecule has 4 N–H and O–H groups in total. The third-order valence-electron chi connectivity index (χ3n) is 5.23. The summed E-state index contributed by atoms with van der Waals surface area (Å²) in [7, 11) is 0. The number of amides is 2. The third kappa shape index (κ3) is 5.70. The van der Waals surface area contributed by atoms with Crippen LogP contribution in [-0.4, -0.2) is 39.7 Å². The van der Waals surface area contributed by atoms with E-state index in [1.807, 2.05) is 0 Å². The topological polar surface area (TPSA) is 133 Å². The molecule has 4 rings (SSSR count). The van der Waals surface area contributed by atoms with Gasteiger partial charge < -0.3 is 20.8 Å². The van der Waals surface area contributed by atoms with Crippen molar-refractivity contribution in [3.63, 3.8) is 0 Å². The number of carboxylic acids is 2. The predicted molar refractivity (Wildman–Crippen MR) is 138 cm³/mol. The average molecular weight is 501 g/mol. The fourth-order valence-corrected chi connectivity index (χ4v) is 4.40. The molecule has 4 aromatic rings. The molecular formula is C27H20N2O6S. The first-order valence-corrected chi connectivity index (χ1v) is 11.7. The standard InChI is InChI=1S/C27H20N2O6S/c30-23(28-18-8-1-7-17(13-18)26(32)33)15-36-20-10-4-9-19(14-20)29-25(31)21-11-2-5-16-6-3-12-22(24(16)21)27(34)35/h1-14H,15H2,(H,28,30)(H,29,31)(H,32,33)(H,34,35). The molecule has 2 amide bonds. The van der Waals surface area contributed by atoms with Crippen molar-refractivity contribution < 1.29 is 29.4 Å². The Labute approximate surface area is 210 Å². The average Bonchev–Trinajstić information content (AvgIpc) is 2.87. The Morgan fingerprint density at radius 1 is 0.694 bits per heavy atom. The van der Waals surface area contributed by atoms with Gasteiger partial charge in [0.2, 0.25) is 5.91 Å². The Bertz CT molecular complexity index is 1500. The highest BCUT2D eigenvalue weighted by Gasteiger charge is 2.17. The van der Waals surface area contributed by atoms with Crippen molar-refractivity contribution in [2.75, 3.05) is 16.4 Å². The first-order chi connectivity index (χ1) is 17.3. The number of hydrogen-bond acceptors (Lipinski definition) is 5. The van der Waals surface area contributed by atoms with Crippen LogP contribution in [0.25, 0.3) is 10.8 Å². The van der Waals surface area contributed by atoms with E-state index in [4.69, 9.17) is 5.11 Å². The number of rotatable bonds is 8. The number of anilines is 2. The van der Waals surface area contributed by atoms with Gasteiger partial charge in [0, 0.05) is 27.2 Å². The largest absolute Gasteiger partial charge is 0.478 e. The minimum atomic E-state index is -1.12. The van der Waals surface area contributed by atoms with Crippen LogP contribution in [0.3, 0.4) is 0 Å². The van der Waals surface area contributed by atoms with Crippen molar-refractivity contribution >= 4 is 57.7 Å². The zero-order valence-corrected chi connectivity index (χ0v) is 19.5. The van der Waals surface area contributed by atoms with Gasteiger partial charge in [-0.05, 0) is 53.9 Å². The number of fused-ring (bicyclic) bond motifs is 1. The second-order valence-corrected chi connectivity index (χ2v) is 8.77. The summed E-state index contributed by atoms with van der Waals surface area (Å²) in [6.07, 6.45) is 0. The van der Waals surface area contributed by atoms with Crippen molar-refractivity contribution in [3.05, 3.63) is 102 Å². The predicted octanol–water partition coefficient (Wildman–Crippen LogP) is 5.22. The van der Waals surface area contributed by atoms with Gasteiger partial charge in [-0.2, -0.15) is 0 Å². The van der Waals surface area contributed by atoms with E-state index in [0.29, 0.717) is 22.1 Å². The number of nitrogens with one attached hydrogen (secondary N) is 2. The van der Waals surface area contributed by atoms with E-state index in [1.54, 1.807) is 66.7 Å². The summed E-state index contributed by atoms with van der Waals surface area (Å²) in [5.41, 5.74) is 1.24. The van der Waals surface area contributed by atoms with Gasteiger partial charge in [-0.15, -0.1) is 11.8 Å². The Morgan fingerprint density at radius 2 is 1.33 bits per heavy atom. The molecule has 0 heterocycles. The van der Waals surface area contributed by atoms with Crippen molar-refractivity contribution in [1.82, 2.24) is 0 Å². The van der Waals surface area contributed by atoms with Crippen LogP contribution >= 0.6 is 11.8 Å². The van der Waals surface area contributed by atoms with Crippen LogP contribution in [0.2, 0.25) is 0 Å². The second kappa shape index (κ2) is 10.7. The minimum absolute atomic E-state index is 0.0439. The summed E-state index contributed by atoms with van der Waals surface area (Å²) in [5, 5.41) is 25.1. The van der Waals surface area contributed by atoms with Crippen molar-refractivity contribution in [2.24, 2.45) is 0 Å². The molecule has 36 heavy (non-hydrogen) atoms. The van der Waals surface area contributed by atoms with Gasteiger partial charge in [0.15, 0.2) is 0 Å².